The van der Waals surface area contributed by atoms with Crippen LogP contribution in [-0.2, 0) is 0 Å². The Kier molecular flexibility index (Phi) is 6.04. The van der Waals surface area contributed by atoms with Crippen LogP contribution in [0.4, 0.5) is 34.1 Å². The number of benzene rings is 6. The quantitative estimate of drug-likeness (QED) is 0.216. The lowest BCUT2D eigenvalue weighted by Crippen LogP contribution is -2.09. The van der Waals surface area contributed by atoms with Crippen LogP contribution < -0.4 is 9.80 Å². The van der Waals surface area contributed by atoms with Crippen molar-refractivity contribution in [2.45, 2.75) is 0 Å². The maximum Gasteiger partial charge on any atom is 0.0468 e. The van der Waals surface area contributed by atoms with Gasteiger partial charge in [0.15, 0.2) is 0 Å². The third kappa shape index (κ3) is 4.43. The van der Waals surface area contributed by atoms with Crippen LogP contribution in [0.15, 0.2) is 158 Å². The Morgan fingerprint density at radius 3 is 0.923 bits per heavy atom. The lowest BCUT2D eigenvalue weighted by atomic mass is 10.1. The SMILES string of the molecule is c1ccc(N(c2ccccc2)c2ccc3sc4ccc(N(c5ccccc5)c5ccccc5)cc4c3c2)cc1. The standard InChI is InChI=1S/C36H26N2S/c1-5-13-27(14-6-1)37(28-15-7-2-8-16-28)31-21-23-35-33(25-31)34-26-32(22-24-36(34)39-35)38(29-17-9-3-10-18-29)30-19-11-4-12-20-30/h1-26H. The monoisotopic (exact) mass is 518 g/mol. The minimum absolute atomic E-state index is 1.14. The number of nitrogens with zero attached hydrogens (tertiary/aromatic N) is 2. The Hall–Kier alpha value is -4.86. The Balaban J connectivity index is 1.40. The maximum atomic E-state index is 2.34. The summed E-state index contributed by atoms with van der Waals surface area (Å²) >= 11 is 1.85. The third-order valence-electron chi connectivity index (χ3n) is 7.01. The van der Waals surface area contributed by atoms with Gasteiger partial charge >= 0.3 is 0 Å². The van der Waals surface area contributed by atoms with Crippen LogP contribution in [0, 0.1) is 0 Å². The molecule has 1 heterocycles. The van der Waals surface area contributed by atoms with Crippen LogP contribution in [-0.4, -0.2) is 0 Å². The zero-order chi connectivity index (χ0) is 26.0. The van der Waals surface area contributed by atoms with Gasteiger partial charge in [0.25, 0.3) is 0 Å². The second kappa shape index (κ2) is 10.1. The van der Waals surface area contributed by atoms with E-state index in [4.69, 9.17) is 0 Å². The van der Waals surface area contributed by atoms with Crippen molar-refractivity contribution >= 4 is 65.6 Å². The average molecular weight is 519 g/mol. The van der Waals surface area contributed by atoms with Crippen molar-refractivity contribution in [1.29, 1.82) is 0 Å². The van der Waals surface area contributed by atoms with Crippen molar-refractivity contribution in [3.8, 4) is 0 Å². The molecule has 0 spiro atoms. The predicted octanol–water partition coefficient (Wildman–Crippen LogP) is 11.0. The molecule has 0 saturated carbocycles. The first-order chi connectivity index (χ1) is 19.3. The molecule has 3 heteroatoms. The molecule has 0 bridgehead atoms. The molecule has 7 aromatic rings. The van der Waals surface area contributed by atoms with Crippen LogP contribution in [0.3, 0.4) is 0 Å². The van der Waals surface area contributed by atoms with Gasteiger partial charge in [-0.05, 0) is 84.9 Å². The molecule has 0 unspecified atom stereocenters. The first kappa shape index (κ1) is 23.3. The Labute approximate surface area is 232 Å². The summed E-state index contributed by atoms with van der Waals surface area (Å²) in [6.45, 7) is 0. The molecule has 0 radical (unpaired) electrons. The Bertz CT molecular complexity index is 1630. The fourth-order valence-electron chi connectivity index (χ4n) is 5.23. The second-order valence-corrected chi connectivity index (χ2v) is 10.6. The van der Waals surface area contributed by atoms with Crippen molar-refractivity contribution < 1.29 is 0 Å². The predicted molar refractivity (Wildman–Crippen MR) is 169 cm³/mol. The number of anilines is 6. The summed E-state index contributed by atoms with van der Waals surface area (Å²) in [6, 6.07) is 56.0. The van der Waals surface area contributed by atoms with E-state index in [1.165, 1.54) is 20.2 Å². The fourth-order valence-corrected chi connectivity index (χ4v) is 6.30. The Morgan fingerprint density at radius 2 is 0.615 bits per heavy atom. The number of rotatable bonds is 6. The van der Waals surface area contributed by atoms with E-state index in [0.29, 0.717) is 0 Å². The lowest BCUT2D eigenvalue weighted by Gasteiger charge is -2.26. The molecule has 0 aliphatic rings. The molecular formula is C36H26N2S. The van der Waals surface area contributed by atoms with E-state index in [0.717, 1.165) is 34.1 Å². The maximum absolute atomic E-state index is 2.34. The molecule has 0 N–H and O–H groups in total. The highest BCUT2D eigenvalue weighted by molar-refractivity contribution is 7.25. The molecule has 0 aliphatic heterocycles. The van der Waals surface area contributed by atoms with Gasteiger partial charge in [-0.25, -0.2) is 0 Å². The number of hydrogen-bond donors (Lipinski definition) is 0. The fraction of sp³-hybridized carbons (Fsp3) is 0. The molecule has 0 fully saturated rings. The van der Waals surface area contributed by atoms with Gasteiger partial charge in [-0.2, -0.15) is 0 Å². The van der Waals surface area contributed by atoms with E-state index in [1.54, 1.807) is 0 Å². The van der Waals surface area contributed by atoms with Crippen molar-refractivity contribution in [2.24, 2.45) is 0 Å². The molecule has 0 atom stereocenters. The van der Waals surface area contributed by atoms with Gasteiger partial charge in [0.05, 0.1) is 0 Å². The van der Waals surface area contributed by atoms with E-state index in [-0.39, 0.29) is 0 Å². The molecule has 1 aromatic heterocycles. The molecule has 2 nitrogen and oxygen atoms in total. The van der Waals surface area contributed by atoms with Crippen LogP contribution in [0.2, 0.25) is 0 Å². The summed E-state index contributed by atoms with van der Waals surface area (Å²) in [5, 5.41) is 2.54. The topological polar surface area (TPSA) is 6.48 Å². The van der Waals surface area contributed by atoms with Gasteiger partial charge < -0.3 is 9.80 Å². The van der Waals surface area contributed by atoms with E-state index in [2.05, 4.69) is 168 Å². The normalized spacial score (nSPS) is 11.1. The summed E-state index contributed by atoms with van der Waals surface area (Å²) in [5.74, 6) is 0. The van der Waals surface area contributed by atoms with Crippen LogP contribution in [0.5, 0.6) is 0 Å². The van der Waals surface area contributed by atoms with Crippen molar-refractivity contribution in [3.63, 3.8) is 0 Å². The smallest absolute Gasteiger partial charge is 0.0468 e. The molecule has 6 aromatic carbocycles. The minimum Gasteiger partial charge on any atom is -0.310 e. The van der Waals surface area contributed by atoms with Crippen LogP contribution in [0.25, 0.3) is 20.2 Å². The van der Waals surface area contributed by atoms with Gasteiger partial charge in [-0.3, -0.25) is 0 Å². The zero-order valence-electron chi connectivity index (χ0n) is 21.3. The first-order valence-electron chi connectivity index (χ1n) is 13.1. The largest absolute Gasteiger partial charge is 0.310 e. The average Bonchev–Trinajstić information content (AvgIpc) is 3.37. The number of fused-ring (bicyclic) bond motifs is 3. The molecule has 186 valence electrons. The highest BCUT2D eigenvalue weighted by atomic mass is 32.1. The van der Waals surface area contributed by atoms with Crippen molar-refractivity contribution in [3.05, 3.63) is 158 Å². The molecule has 0 amide bonds. The summed E-state index contributed by atoms with van der Waals surface area (Å²) in [7, 11) is 0. The second-order valence-electron chi connectivity index (χ2n) is 9.48. The van der Waals surface area contributed by atoms with Crippen molar-refractivity contribution in [1.82, 2.24) is 0 Å². The first-order valence-corrected chi connectivity index (χ1v) is 13.9. The van der Waals surface area contributed by atoms with Crippen molar-refractivity contribution in [2.75, 3.05) is 9.80 Å². The van der Waals surface area contributed by atoms with Crippen LogP contribution >= 0.6 is 11.3 Å². The van der Waals surface area contributed by atoms with E-state index in [1.807, 2.05) is 11.3 Å². The van der Waals surface area contributed by atoms with Gasteiger partial charge in [-0.15, -0.1) is 11.3 Å². The number of hydrogen-bond acceptors (Lipinski definition) is 3. The molecule has 39 heavy (non-hydrogen) atoms. The number of thiophene rings is 1. The summed E-state index contributed by atoms with van der Waals surface area (Å²) in [5.41, 5.74) is 6.86. The highest BCUT2D eigenvalue weighted by Crippen LogP contribution is 2.43. The molecule has 0 saturated heterocycles. The van der Waals surface area contributed by atoms with E-state index in [9.17, 15) is 0 Å². The molecule has 0 aliphatic carbocycles. The molecular weight excluding hydrogens is 492 g/mol. The van der Waals surface area contributed by atoms with Gasteiger partial charge in [0.1, 0.15) is 0 Å². The zero-order valence-corrected chi connectivity index (χ0v) is 22.1. The Morgan fingerprint density at radius 1 is 0.308 bits per heavy atom. The number of para-hydroxylation sites is 4. The minimum atomic E-state index is 1.14. The lowest BCUT2D eigenvalue weighted by molar-refractivity contribution is 1.29. The van der Waals surface area contributed by atoms with Gasteiger partial charge in [0, 0.05) is 54.3 Å². The van der Waals surface area contributed by atoms with Gasteiger partial charge in [-0.1, -0.05) is 72.8 Å². The highest BCUT2D eigenvalue weighted by Gasteiger charge is 2.17. The van der Waals surface area contributed by atoms with E-state index < -0.39 is 0 Å². The summed E-state index contributed by atoms with van der Waals surface area (Å²) in [6.07, 6.45) is 0. The molecule has 7 rings (SSSR count). The van der Waals surface area contributed by atoms with Gasteiger partial charge in [0.2, 0.25) is 0 Å². The van der Waals surface area contributed by atoms with E-state index >= 15 is 0 Å². The third-order valence-corrected chi connectivity index (χ3v) is 8.16. The summed E-state index contributed by atoms with van der Waals surface area (Å²) in [4.78, 5) is 4.65. The summed E-state index contributed by atoms with van der Waals surface area (Å²) < 4.78 is 2.58. The van der Waals surface area contributed by atoms with Crippen LogP contribution in [0.1, 0.15) is 0 Å².